The van der Waals surface area contributed by atoms with E-state index in [2.05, 4.69) is 5.32 Å². The molecule has 5 nitrogen and oxygen atoms in total. The lowest BCUT2D eigenvalue weighted by molar-refractivity contribution is 0.100. The van der Waals surface area contributed by atoms with Gasteiger partial charge in [-0.3, -0.25) is 4.79 Å². The highest BCUT2D eigenvalue weighted by Crippen LogP contribution is 2.29. The van der Waals surface area contributed by atoms with Crippen LogP contribution in [0.2, 0.25) is 0 Å². The highest BCUT2D eigenvalue weighted by molar-refractivity contribution is 5.94. The largest absolute Gasteiger partial charge is 0.397 e. The third-order valence-corrected chi connectivity index (χ3v) is 3.47. The Balaban J connectivity index is 2.33. The van der Waals surface area contributed by atoms with E-state index in [9.17, 15) is 9.90 Å². The molecular weight excluding hydrogens is 266 g/mol. The van der Waals surface area contributed by atoms with Crippen LogP contribution in [-0.2, 0) is 5.54 Å². The van der Waals surface area contributed by atoms with Gasteiger partial charge in [0.2, 0.25) is 5.91 Å². The Morgan fingerprint density at radius 1 is 1.24 bits per heavy atom. The zero-order valence-electron chi connectivity index (χ0n) is 11.8. The first-order valence-corrected chi connectivity index (χ1v) is 6.60. The topological polar surface area (TPSA) is 101 Å². The number of aliphatic hydroxyl groups is 1. The molecule has 21 heavy (non-hydrogen) atoms. The molecule has 110 valence electrons. The summed E-state index contributed by atoms with van der Waals surface area (Å²) in [5, 5.41) is 13.0. The van der Waals surface area contributed by atoms with E-state index in [4.69, 9.17) is 11.5 Å². The van der Waals surface area contributed by atoms with Gasteiger partial charge in [0.15, 0.2) is 0 Å². The van der Waals surface area contributed by atoms with Crippen molar-refractivity contribution < 1.29 is 9.90 Å². The predicted octanol–water partition coefficient (Wildman–Crippen LogP) is 1.69. The molecule has 0 saturated carbocycles. The van der Waals surface area contributed by atoms with E-state index >= 15 is 0 Å². The summed E-state index contributed by atoms with van der Waals surface area (Å²) in [6.07, 6.45) is 0. The normalized spacial score (nSPS) is 13.4. The van der Waals surface area contributed by atoms with Crippen molar-refractivity contribution in [2.45, 2.75) is 12.5 Å². The Bertz CT molecular complexity index is 643. The average Bonchev–Trinajstić information content (AvgIpc) is 2.50. The number of nitrogens with two attached hydrogens (primary N) is 2. The minimum atomic E-state index is -0.677. The summed E-state index contributed by atoms with van der Waals surface area (Å²) in [5.74, 6) is -0.527. The van der Waals surface area contributed by atoms with Crippen molar-refractivity contribution in [1.29, 1.82) is 0 Å². The monoisotopic (exact) mass is 285 g/mol. The van der Waals surface area contributed by atoms with Crippen LogP contribution in [0.15, 0.2) is 48.5 Å². The lowest BCUT2D eigenvalue weighted by Gasteiger charge is -2.31. The Morgan fingerprint density at radius 2 is 1.90 bits per heavy atom. The molecule has 0 bridgehead atoms. The number of carbonyl (C=O) groups excluding carboxylic acids is 1. The van der Waals surface area contributed by atoms with Crippen molar-refractivity contribution >= 4 is 17.3 Å². The van der Waals surface area contributed by atoms with Gasteiger partial charge in [-0.1, -0.05) is 30.3 Å². The smallest absolute Gasteiger partial charge is 0.248 e. The van der Waals surface area contributed by atoms with Crippen molar-refractivity contribution in [3.63, 3.8) is 0 Å². The fourth-order valence-corrected chi connectivity index (χ4v) is 2.14. The number of benzene rings is 2. The van der Waals surface area contributed by atoms with Crippen molar-refractivity contribution in [2.24, 2.45) is 5.73 Å². The number of amides is 1. The third kappa shape index (κ3) is 3.14. The van der Waals surface area contributed by atoms with Crippen molar-refractivity contribution in [3.8, 4) is 0 Å². The SMILES string of the molecule is CC(CO)(Nc1ccc(C(N)=O)cc1N)c1ccccc1. The molecule has 0 radical (unpaired) electrons. The van der Waals surface area contributed by atoms with E-state index in [0.717, 1.165) is 5.56 Å². The minimum absolute atomic E-state index is 0.103. The van der Waals surface area contributed by atoms with E-state index < -0.39 is 11.4 Å². The van der Waals surface area contributed by atoms with Gasteiger partial charge in [0.25, 0.3) is 0 Å². The molecule has 0 spiro atoms. The lowest BCUT2D eigenvalue weighted by atomic mass is 9.92. The molecular formula is C16H19N3O2. The van der Waals surface area contributed by atoms with Gasteiger partial charge < -0.3 is 21.9 Å². The molecule has 0 saturated heterocycles. The van der Waals surface area contributed by atoms with Gasteiger partial charge in [-0.25, -0.2) is 0 Å². The Morgan fingerprint density at radius 3 is 2.43 bits per heavy atom. The number of rotatable bonds is 5. The van der Waals surface area contributed by atoms with Crippen LogP contribution < -0.4 is 16.8 Å². The molecule has 2 aromatic carbocycles. The van der Waals surface area contributed by atoms with Gasteiger partial charge in [0.1, 0.15) is 0 Å². The molecule has 0 aliphatic heterocycles. The van der Waals surface area contributed by atoms with Crippen LogP contribution >= 0.6 is 0 Å². The standard InChI is InChI=1S/C16H19N3O2/c1-16(10-20,12-5-3-2-4-6-12)19-14-8-7-11(15(18)21)9-13(14)17/h2-9,19-20H,10,17H2,1H3,(H2,18,21). The summed E-state index contributed by atoms with van der Waals surface area (Å²) in [5.41, 5.74) is 12.8. The van der Waals surface area contributed by atoms with Gasteiger partial charge >= 0.3 is 0 Å². The van der Waals surface area contributed by atoms with Gasteiger partial charge in [0, 0.05) is 5.56 Å². The Labute approximate surface area is 123 Å². The molecule has 6 N–H and O–H groups in total. The van der Waals surface area contributed by atoms with Crippen LogP contribution in [-0.4, -0.2) is 17.6 Å². The van der Waals surface area contributed by atoms with Crippen LogP contribution in [0.25, 0.3) is 0 Å². The summed E-state index contributed by atoms with van der Waals surface area (Å²) in [6.45, 7) is 1.78. The first-order chi connectivity index (χ1) is 9.96. The van der Waals surface area contributed by atoms with Crippen molar-refractivity contribution in [1.82, 2.24) is 0 Å². The Kier molecular flexibility index (Phi) is 4.14. The number of nitrogen functional groups attached to an aromatic ring is 1. The molecule has 2 aromatic rings. The molecule has 0 aromatic heterocycles. The van der Waals surface area contributed by atoms with Gasteiger partial charge in [-0.2, -0.15) is 0 Å². The summed E-state index contributed by atoms with van der Waals surface area (Å²) < 4.78 is 0. The number of primary amides is 1. The van der Waals surface area contributed by atoms with Crippen LogP contribution in [0.1, 0.15) is 22.8 Å². The van der Waals surface area contributed by atoms with Gasteiger partial charge in [0.05, 0.1) is 23.5 Å². The first-order valence-electron chi connectivity index (χ1n) is 6.60. The van der Waals surface area contributed by atoms with E-state index in [1.165, 1.54) is 6.07 Å². The maximum Gasteiger partial charge on any atom is 0.248 e. The number of nitrogens with one attached hydrogen (secondary N) is 1. The lowest BCUT2D eigenvalue weighted by Crippen LogP contribution is -2.36. The zero-order valence-corrected chi connectivity index (χ0v) is 11.8. The van der Waals surface area contributed by atoms with E-state index in [1.54, 1.807) is 12.1 Å². The van der Waals surface area contributed by atoms with Crippen molar-refractivity contribution in [2.75, 3.05) is 17.7 Å². The van der Waals surface area contributed by atoms with Crippen LogP contribution in [0, 0.1) is 0 Å². The second-order valence-corrected chi connectivity index (χ2v) is 5.15. The van der Waals surface area contributed by atoms with E-state index in [0.29, 0.717) is 16.9 Å². The fraction of sp³-hybridized carbons (Fsp3) is 0.188. The molecule has 2 rings (SSSR count). The number of anilines is 2. The molecule has 1 unspecified atom stereocenters. The highest BCUT2D eigenvalue weighted by atomic mass is 16.3. The van der Waals surface area contributed by atoms with Crippen LogP contribution in [0.4, 0.5) is 11.4 Å². The second kappa shape index (κ2) is 5.85. The van der Waals surface area contributed by atoms with Crippen molar-refractivity contribution in [3.05, 3.63) is 59.7 Å². The quantitative estimate of drug-likeness (QED) is 0.628. The average molecular weight is 285 g/mol. The number of hydrogen-bond donors (Lipinski definition) is 4. The van der Waals surface area contributed by atoms with Crippen LogP contribution in [0.3, 0.4) is 0 Å². The minimum Gasteiger partial charge on any atom is -0.397 e. The summed E-state index contributed by atoms with van der Waals surface area (Å²) in [7, 11) is 0. The number of aliphatic hydroxyl groups excluding tert-OH is 1. The zero-order chi connectivity index (χ0) is 15.5. The number of hydrogen-bond acceptors (Lipinski definition) is 4. The maximum absolute atomic E-state index is 11.1. The maximum atomic E-state index is 11.1. The van der Waals surface area contributed by atoms with Gasteiger partial charge in [-0.05, 0) is 30.7 Å². The summed E-state index contributed by atoms with van der Waals surface area (Å²) in [6, 6.07) is 14.4. The van der Waals surface area contributed by atoms with E-state index in [-0.39, 0.29) is 6.61 Å². The van der Waals surface area contributed by atoms with Gasteiger partial charge in [-0.15, -0.1) is 0 Å². The second-order valence-electron chi connectivity index (χ2n) is 5.15. The number of carbonyl (C=O) groups is 1. The molecule has 1 amide bonds. The molecule has 1 atom stereocenters. The van der Waals surface area contributed by atoms with Crippen LogP contribution in [0.5, 0.6) is 0 Å². The molecule has 0 fully saturated rings. The Hall–Kier alpha value is -2.53. The van der Waals surface area contributed by atoms with E-state index in [1.807, 2.05) is 37.3 Å². The predicted molar refractivity (Wildman–Crippen MR) is 83.9 cm³/mol. The molecule has 0 aliphatic carbocycles. The summed E-state index contributed by atoms with van der Waals surface area (Å²) in [4.78, 5) is 11.1. The first kappa shape index (κ1) is 14.9. The molecule has 5 heteroatoms. The highest BCUT2D eigenvalue weighted by Gasteiger charge is 2.26. The molecule has 0 heterocycles. The third-order valence-electron chi connectivity index (χ3n) is 3.47. The fourth-order valence-electron chi connectivity index (χ4n) is 2.14. The summed E-state index contributed by atoms with van der Waals surface area (Å²) >= 11 is 0. The molecule has 0 aliphatic rings.